The maximum absolute atomic E-state index is 12.5. The summed E-state index contributed by atoms with van der Waals surface area (Å²) < 4.78 is 10.8. The molecule has 1 unspecified atom stereocenters. The number of nitrogens with one attached hydrogen (secondary N) is 1. The Morgan fingerprint density at radius 3 is 2.57 bits per heavy atom. The summed E-state index contributed by atoms with van der Waals surface area (Å²) in [7, 11) is 3.48. The molecule has 2 fully saturated rings. The number of methoxy groups -OCH3 is 1. The van der Waals surface area contributed by atoms with E-state index in [1.807, 2.05) is 17.9 Å². The average molecular weight is 502 g/mol. The minimum Gasteiger partial charge on any atom is -0.496 e. The van der Waals surface area contributed by atoms with Crippen molar-refractivity contribution in [2.75, 3.05) is 46.9 Å². The highest BCUT2D eigenvalue weighted by molar-refractivity contribution is 14.0. The summed E-state index contributed by atoms with van der Waals surface area (Å²) in [6.45, 7) is 6.42. The molecule has 2 saturated heterocycles. The predicted molar refractivity (Wildman–Crippen MR) is 120 cm³/mol. The summed E-state index contributed by atoms with van der Waals surface area (Å²) in [5, 5.41) is 3.43. The number of guanidine groups is 1. The highest BCUT2D eigenvalue weighted by atomic mass is 127. The van der Waals surface area contributed by atoms with E-state index in [0.717, 1.165) is 43.2 Å². The Morgan fingerprint density at radius 2 is 2.00 bits per heavy atom. The number of nitrogens with zero attached hydrogens (tertiary/aromatic N) is 3. The molecular formula is C20H31IN4O3. The zero-order valence-electron chi connectivity index (χ0n) is 16.9. The number of aryl methyl sites for hydroxylation is 1. The first-order valence-electron chi connectivity index (χ1n) is 9.62. The van der Waals surface area contributed by atoms with Crippen LogP contribution in [0.5, 0.6) is 5.75 Å². The van der Waals surface area contributed by atoms with Gasteiger partial charge in [0.25, 0.3) is 5.91 Å². The van der Waals surface area contributed by atoms with Crippen LogP contribution < -0.4 is 10.1 Å². The van der Waals surface area contributed by atoms with Crippen molar-refractivity contribution >= 4 is 35.8 Å². The van der Waals surface area contributed by atoms with Crippen molar-refractivity contribution in [3.8, 4) is 5.75 Å². The summed E-state index contributed by atoms with van der Waals surface area (Å²) in [5.74, 6) is 1.91. The van der Waals surface area contributed by atoms with Crippen LogP contribution in [-0.2, 0) is 16.1 Å². The fourth-order valence-electron chi connectivity index (χ4n) is 3.68. The Balaban J connectivity index is 0.00000280. The van der Waals surface area contributed by atoms with E-state index in [1.165, 1.54) is 5.56 Å². The van der Waals surface area contributed by atoms with E-state index in [0.29, 0.717) is 26.2 Å². The van der Waals surface area contributed by atoms with E-state index in [4.69, 9.17) is 9.47 Å². The van der Waals surface area contributed by atoms with E-state index < -0.39 is 0 Å². The van der Waals surface area contributed by atoms with Crippen LogP contribution in [0.1, 0.15) is 24.0 Å². The van der Waals surface area contributed by atoms with Crippen LogP contribution in [0, 0.1) is 6.92 Å². The molecule has 2 aliphatic heterocycles. The third-order valence-electron chi connectivity index (χ3n) is 5.22. The molecule has 0 bridgehead atoms. The van der Waals surface area contributed by atoms with Gasteiger partial charge in [0.05, 0.1) is 7.11 Å². The molecule has 3 rings (SSSR count). The molecule has 0 aliphatic carbocycles. The second-order valence-electron chi connectivity index (χ2n) is 7.02. The largest absolute Gasteiger partial charge is 0.496 e. The Morgan fingerprint density at radius 1 is 1.29 bits per heavy atom. The number of benzene rings is 1. The third-order valence-corrected chi connectivity index (χ3v) is 5.22. The van der Waals surface area contributed by atoms with Crippen LogP contribution in [0.15, 0.2) is 23.2 Å². The van der Waals surface area contributed by atoms with Gasteiger partial charge >= 0.3 is 0 Å². The van der Waals surface area contributed by atoms with Crippen LogP contribution in [0.3, 0.4) is 0 Å². The summed E-state index contributed by atoms with van der Waals surface area (Å²) in [5.41, 5.74) is 2.30. The molecule has 0 spiro atoms. The van der Waals surface area contributed by atoms with Gasteiger partial charge in [-0.2, -0.15) is 0 Å². The van der Waals surface area contributed by atoms with E-state index in [2.05, 4.69) is 27.3 Å². The maximum atomic E-state index is 12.5. The Hall–Kier alpha value is -1.55. The van der Waals surface area contributed by atoms with Gasteiger partial charge in [-0.25, -0.2) is 0 Å². The van der Waals surface area contributed by atoms with E-state index in [9.17, 15) is 4.79 Å². The minimum atomic E-state index is -0.229. The molecule has 156 valence electrons. The van der Waals surface area contributed by atoms with Gasteiger partial charge in [-0.1, -0.05) is 12.1 Å². The normalized spacial score (nSPS) is 20.0. The molecule has 1 amide bonds. The lowest BCUT2D eigenvalue weighted by molar-refractivity contribution is -0.142. The summed E-state index contributed by atoms with van der Waals surface area (Å²) in [6, 6.07) is 6.17. The zero-order valence-corrected chi connectivity index (χ0v) is 19.3. The molecule has 1 aromatic rings. The highest BCUT2D eigenvalue weighted by Crippen LogP contribution is 2.19. The number of amides is 1. The first-order chi connectivity index (χ1) is 13.1. The minimum absolute atomic E-state index is 0. The lowest BCUT2D eigenvalue weighted by atomic mass is 10.1. The molecule has 28 heavy (non-hydrogen) atoms. The van der Waals surface area contributed by atoms with Gasteiger partial charge < -0.3 is 24.6 Å². The van der Waals surface area contributed by atoms with Crippen molar-refractivity contribution < 1.29 is 14.3 Å². The predicted octanol–water partition coefficient (Wildman–Crippen LogP) is 2.02. The quantitative estimate of drug-likeness (QED) is 0.388. The molecule has 2 heterocycles. The highest BCUT2D eigenvalue weighted by Gasteiger charge is 2.30. The number of ether oxygens (including phenoxy) is 2. The topological polar surface area (TPSA) is 66.4 Å². The van der Waals surface area contributed by atoms with E-state index in [-0.39, 0.29) is 36.0 Å². The van der Waals surface area contributed by atoms with Crippen molar-refractivity contribution in [3.63, 3.8) is 0 Å². The molecular weight excluding hydrogens is 471 g/mol. The SMILES string of the molecule is CN=C(NCc1ccc(OC)c(C)c1)N1CCN(C(=O)C2CCCO2)CC1.I. The number of carbonyl (C=O) groups is 1. The number of piperazine rings is 1. The van der Waals surface area contributed by atoms with Crippen LogP contribution >= 0.6 is 24.0 Å². The number of carbonyl (C=O) groups excluding carboxylic acids is 1. The monoisotopic (exact) mass is 502 g/mol. The van der Waals surface area contributed by atoms with Gasteiger partial charge in [0.1, 0.15) is 11.9 Å². The molecule has 1 atom stereocenters. The van der Waals surface area contributed by atoms with Crippen LogP contribution in [0.4, 0.5) is 0 Å². The molecule has 0 radical (unpaired) electrons. The molecule has 1 aromatic carbocycles. The Bertz CT molecular complexity index is 684. The van der Waals surface area contributed by atoms with Crippen LogP contribution in [0.2, 0.25) is 0 Å². The molecule has 0 aromatic heterocycles. The Labute approximate surface area is 184 Å². The van der Waals surface area contributed by atoms with E-state index >= 15 is 0 Å². The van der Waals surface area contributed by atoms with Gasteiger partial charge in [0, 0.05) is 46.4 Å². The van der Waals surface area contributed by atoms with Crippen molar-refractivity contribution in [3.05, 3.63) is 29.3 Å². The maximum Gasteiger partial charge on any atom is 0.251 e. The lowest BCUT2D eigenvalue weighted by Gasteiger charge is -2.37. The van der Waals surface area contributed by atoms with Gasteiger partial charge in [-0.3, -0.25) is 9.79 Å². The number of rotatable bonds is 4. The van der Waals surface area contributed by atoms with Crippen LogP contribution in [-0.4, -0.2) is 74.7 Å². The standard InChI is InChI=1S/C20H30N4O3.HI/c1-15-13-16(6-7-17(15)26-3)14-22-20(21-2)24-10-8-23(9-11-24)19(25)18-5-4-12-27-18;/h6-7,13,18H,4-5,8-12,14H2,1-3H3,(H,21,22);1H. The average Bonchev–Trinajstić information content (AvgIpc) is 3.23. The van der Waals surface area contributed by atoms with Gasteiger partial charge in [0.15, 0.2) is 5.96 Å². The fourth-order valence-corrected chi connectivity index (χ4v) is 3.68. The number of aliphatic imine (C=N–C) groups is 1. The number of hydrogen-bond donors (Lipinski definition) is 1. The van der Waals surface area contributed by atoms with Gasteiger partial charge in [-0.15, -0.1) is 24.0 Å². The summed E-state index contributed by atoms with van der Waals surface area (Å²) >= 11 is 0. The van der Waals surface area contributed by atoms with Gasteiger partial charge in [-0.05, 0) is 37.0 Å². The lowest BCUT2D eigenvalue weighted by Crippen LogP contribution is -2.55. The Kier molecular flexibility index (Phi) is 8.81. The number of hydrogen-bond acceptors (Lipinski definition) is 4. The molecule has 1 N–H and O–H groups in total. The zero-order chi connectivity index (χ0) is 19.2. The molecule has 2 aliphatic rings. The van der Waals surface area contributed by atoms with Crippen LogP contribution in [0.25, 0.3) is 0 Å². The first-order valence-corrected chi connectivity index (χ1v) is 9.62. The first kappa shape index (κ1) is 22.7. The van der Waals surface area contributed by atoms with Gasteiger partial charge in [0.2, 0.25) is 0 Å². The summed E-state index contributed by atoms with van der Waals surface area (Å²) in [4.78, 5) is 21.0. The fraction of sp³-hybridized carbons (Fsp3) is 0.600. The van der Waals surface area contributed by atoms with Crippen molar-refractivity contribution in [2.24, 2.45) is 4.99 Å². The second kappa shape index (κ2) is 10.8. The van der Waals surface area contributed by atoms with E-state index in [1.54, 1.807) is 14.2 Å². The van der Waals surface area contributed by atoms with Crippen molar-refractivity contribution in [1.82, 2.24) is 15.1 Å². The number of halogens is 1. The molecule has 0 saturated carbocycles. The van der Waals surface area contributed by atoms with Crippen molar-refractivity contribution in [2.45, 2.75) is 32.4 Å². The smallest absolute Gasteiger partial charge is 0.251 e. The molecule has 7 nitrogen and oxygen atoms in total. The molecule has 8 heteroatoms. The second-order valence-corrected chi connectivity index (χ2v) is 7.02. The summed E-state index contributed by atoms with van der Waals surface area (Å²) in [6.07, 6.45) is 1.61. The third kappa shape index (κ3) is 5.50. The van der Waals surface area contributed by atoms with Crippen molar-refractivity contribution in [1.29, 1.82) is 0 Å².